The van der Waals surface area contributed by atoms with Gasteiger partial charge in [-0.1, -0.05) is 0 Å². The molecule has 0 bridgehead atoms. The fourth-order valence-corrected chi connectivity index (χ4v) is 4.88. The minimum atomic E-state index is -4.71. The summed E-state index contributed by atoms with van der Waals surface area (Å²) >= 11 is 0. The molecule has 0 atom stereocenters. The van der Waals surface area contributed by atoms with Crippen LogP contribution >= 0.6 is 0 Å². The summed E-state index contributed by atoms with van der Waals surface area (Å²) in [6, 6.07) is 8.36. The maximum Gasteiger partial charge on any atom is 0.418 e. The van der Waals surface area contributed by atoms with Crippen LogP contribution in [-0.2, 0) is 6.18 Å². The molecule has 42 heavy (non-hydrogen) atoms. The normalized spacial score (nSPS) is 13.5. The average molecular weight is 581 g/mol. The van der Waals surface area contributed by atoms with Crippen molar-refractivity contribution in [3.05, 3.63) is 84.1 Å². The van der Waals surface area contributed by atoms with E-state index in [4.69, 9.17) is 0 Å². The minimum absolute atomic E-state index is 0.0155. The molecule has 6 rings (SSSR count). The van der Waals surface area contributed by atoms with Crippen molar-refractivity contribution in [2.24, 2.45) is 0 Å². The van der Waals surface area contributed by atoms with Gasteiger partial charge in [0.25, 0.3) is 5.91 Å². The van der Waals surface area contributed by atoms with Gasteiger partial charge in [-0.15, -0.1) is 0 Å². The molecular formula is C28H21F5N8O. The summed E-state index contributed by atoms with van der Waals surface area (Å²) in [6.07, 6.45) is 0.948. The predicted molar refractivity (Wildman–Crippen MR) is 145 cm³/mol. The zero-order valence-corrected chi connectivity index (χ0v) is 21.6. The van der Waals surface area contributed by atoms with E-state index in [-0.39, 0.29) is 17.1 Å². The number of halogens is 5. The van der Waals surface area contributed by atoms with Crippen molar-refractivity contribution in [2.75, 3.05) is 28.6 Å². The van der Waals surface area contributed by atoms with Gasteiger partial charge in [0.15, 0.2) is 11.5 Å². The van der Waals surface area contributed by atoms with Crippen molar-refractivity contribution in [2.45, 2.75) is 19.0 Å². The number of fused-ring (bicyclic) bond motifs is 1. The Morgan fingerprint density at radius 1 is 0.976 bits per heavy atom. The number of benzene rings is 2. The maximum atomic E-state index is 15.6. The van der Waals surface area contributed by atoms with E-state index in [0.29, 0.717) is 35.5 Å². The van der Waals surface area contributed by atoms with Crippen LogP contribution in [0.2, 0.25) is 0 Å². The van der Waals surface area contributed by atoms with E-state index in [0.717, 1.165) is 31.0 Å². The quantitative estimate of drug-likeness (QED) is 0.202. The number of nitrogens with one attached hydrogen (secondary N) is 3. The molecular weight excluding hydrogens is 559 g/mol. The maximum absolute atomic E-state index is 15.6. The second-order valence-corrected chi connectivity index (χ2v) is 9.51. The number of hydrogen-bond acceptors (Lipinski definition) is 7. The first-order chi connectivity index (χ1) is 20.2. The molecule has 1 aliphatic heterocycles. The largest absolute Gasteiger partial charge is 0.418 e. The van der Waals surface area contributed by atoms with E-state index in [9.17, 15) is 22.4 Å². The molecule has 1 saturated heterocycles. The Balaban J connectivity index is 1.30. The Kier molecular flexibility index (Phi) is 6.88. The monoisotopic (exact) mass is 580 g/mol. The molecule has 4 heterocycles. The molecule has 214 valence electrons. The minimum Gasteiger partial charge on any atom is -0.371 e. The first kappa shape index (κ1) is 27.1. The molecule has 1 aliphatic rings. The number of amides is 1. The number of alkyl halides is 3. The summed E-state index contributed by atoms with van der Waals surface area (Å²) in [5.74, 6) is -3.13. The van der Waals surface area contributed by atoms with Gasteiger partial charge in [-0.05, 0) is 55.3 Å². The second-order valence-electron chi connectivity index (χ2n) is 9.51. The molecule has 0 unspecified atom stereocenters. The van der Waals surface area contributed by atoms with Crippen molar-refractivity contribution >= 4 is 40.0 Å². The lowest BCUT2D eigenvalue weighted by atomic mass is 10.1. The van der Waals surface area contributed by atoms with E-state index < -0.39 is 40.7 Å². The van der Waals surface area contributed by atoms with Crippen LogP contribution in [-0.4, -0.2) is 43.9 Å². The molecule has 5 aromatic rings. The summed E-state index contributed by atoms with van der Waals surface area (Å²) in [5, 5.41) is 4.88. The fraction of sp³-hybridized carbons (Fsp3) is 0.179. The SMILES string of the molecule is O=C(Nc1ccc(F)c(Nc2ncccc2-c2ncnc3nc[nH]c23)c1F)c1ccc(N2CCCC2)c(C(F)(F)F)c1. The lowest BCUT2D eigenvalue weighted by Crippen LogP contribution is -2.23. The number of nitrogens with zero attached hydrogens (tertiary/aromatic N) is 5. The van der Waals surface area contributed by atoms with E-state index in [1.54, 1.807) is 17.0 Å². The van der Waals surface area contributed by atoms with Crippen LogP contribution in [0.5, 0.6) is 0 Å². The molecule has 3 aromatic heterocycles. The van der Waals surface area contributed by atoms with Crippen molar-refractivity contribution in [3.8, 4) is 11.3 Å². The highest BCUT2D eigenvalue weighted by atomic mass is 19.4. The number of rotatable bonds is 6. The highest BCUT2D eigenvalue weighted by Crippen LogP contribution is 2.39. The first-order valence-electron chi connectivity index (χ1n) is 12.8. The van der Waals surface area contributed by atoms with E-state index in [1.165, 1.54) is 31.0 Å². The highest BCUT2D eigenvalue weighted by molar-refractivity contribution is 6.05. The number of anilines is 4. The fourth-order valence-electron chi connectivity index (χ4n) is 4.88. The number of pyridine rings is 1. The highest BCUT2D eigenvalue weighted by Gasteiger charge is 2.36. The van der Waals surface area contributed by atoms with Crippen LogP contribution in [0.25, 0.3) is 22.4 Å². The van der Waals surface area contributed by atoms with Crippen LogP contribution in [0.15, 0.2) is 61.3 Å². The number of aromatic nitrogens is 5. The van der Waals surface area contributed by atoms with Crippen LogP contribution in [0.1, 0.15) is 28.8 Å². The number of carbonyl (C=O) groups excluding carboxylic acids is 1. The van der Waals surface area contributed by atoms with Gasteiger partial charge in [-0.2, -0.15) is 13.2 Å². The molecule has 14 heteroatoms. The topological polar surface area (TPSA) is 112 Å². The van der Waals surface area contributed by atoms with Crippen LogP contribution in [0.4, 0.5) is 44.8 Å². The van der Waals surface area contributed by atoms with Gasteiger partial charge in [-0.25, -0.2) is 28.7 Å². The lowest BCUT2D eigenvalue weighted by Gasteiger charge is -2.23. The standard InChI is InChI=1S/C28H21F5N8O/c29-18-6-7-19(39-27(42)15-5-8-20(41-10-1-2-11-41)17(12-15)28(31,32)33)21(30)23(18)40-25-16(4-3-9-34-25)22-24-26(37-13-35-22)38-14-36-24/h3-9,12-14H,1-2,10-11H2,(H,34,40)(H,39,42)(H,35,36,37,38). The Morgan fingerprint density at radius 3 is 2.57 bits per heavy atom. The van der Waals surface area contributed by atoms with Gasteiger partial charge in [0.2, 0.25) is 0 Å². The predicted octanol–water partition coefficient (Wildman–Crippen LogP) is 6.31. The molecule has 1 amide bonds. The third kappa shape index (κ3) is 5.06. The molecule has 0 saturated carbocycles. The zero-order chi connectivity index (χ0) is 29.4. The smallest absolute Gasteiger partial charge is 0.371 e. The lowest BCUT2D eigenvalue weighted by molar-refractivity contribution is -0.137. The van der Waals surface area contributed by atoms with E-state index in [1.807, 2.05) is 0 Å². The Hall–Kier alpha value is -5.14. The van der Waals surface area contributed by atoms with Gasteiger partial charge in [0.05, 0.1) is 17.6 Å². The third-order valence-corrected chi connectivity index (χ3v) is 6.88. The van der Waals surface area contributed by atoms with Crippen molar-refractivity contribution in [1.82, 2.24) is 24.9 Å². The number of aromatic amines is 1. The summed E-state index contributed by atoms with van der Waals surface area (Å²) in [5.41, 5.74) is -0.793. The molecule has 0 radical (unpaired) electrons. The summed E-state index contributed by atoms with van der Waals surface area (Å²) in [7, 11) is 0. The number of hydrogen-bond donors (Lipinski definition) is 3. The van der Waals surface area contributed by atoms with Crippen LogP contribution < -0.4 is 15.5 Å². The number of carbonyl (C=O) groups is 1. The van der Waals surface area contributed by atoms with Gasteiger partial charge in [0, 0.05) is 36.1 Å². The molecule has 3 N–H and O–H groups in total. The molecule has 9 nitrogen and oxygen atoms in total. The first-order valence-corrected chi connectivity index (χ1v) is 12.8. The van der Waals surface area contributed by atoms with Crippen LogP contribution in [0.3, 0.4) is 0 Å². The number of imidazole rings is 1. The van der Waals surface area contributed by atoms with Gasteiger partial charge >= 0.3 is 6.18 Å². The number of H-pyrrole nitrogens is 1. The summed E-state index contributed by atoms with van der Waals surface area (Å²) in [6.45, 7) is 0.959. The van der Waals surface area contributed by atoms with Crippen LogP contribution in [0, 0.1) is 11.6 Å². The van der Waals surface area contributed by atoms with E-state index in [2.05, 4.69) is 35.6 Å². The Bertz CT molecular complexity index is 1800. The van der Waals surface area contributed by atoms with Gasteiger partial charge < -0.3 is 20.5 Å². The molecule has 1 fully saturated rings. The summed E-state index contributed by atoms with van der Waals surface area (Å²) < 4.78 is 72.1. The third-order valence-electron chi connectivity index (χ3n) is 6.88. The molecule has 0 spiro atoms. The van der Waals surface area contributed by atoms with Crippen molar-refractivity contribution in [1.29, 1.82) is 0 Å². The second kappa shape index (κ2) is 10.7. The van der Waals surface area contributed by atoms with Gasteiger partial charge in [-0.3, -0.25) is 4.79 Å². The summed E-state index contributed by atoms with van der Waals surface area (Å²) in [4.78, 5) is 34.1. The van der Waals surface area contributed by atoms with Gasteiger partial charge in [0.1, 0.15) is 34.9 Å². The van der Waals surface area contributed by atoms with Crippen molar-refractivity contribution < 1.29 is 26.7 Å². The zero-order valence-electron chi connectivity index (χ0n) is 21.6. The average Bonchev–Trinajstić information content (AvgIpc) is 3.69. The van der Waals surface area contributed by atoms with Crippen molar-refractivity contribution in [3.63, 3.8) is 0 Å². The Morgan fingerprint density at radius 2 is 1.79 bits per heavy atom. The van der Waals surface area contributed by atoms with E-state index >= 15 is 4.39 Å². The molecule has 0 aliphatic carbocycles. The Labute approximate surface area is 234 Å². The molecule has 2 aromatic carbocycles.